The van der Waals surface area contributed by atoms with E-state index in [-0.39, 0.29) is 16.8 Å². The average molecular weight is 388 g/mol. The molecule has 3 N–H and O–H groups in total. The molecule has 0 spiro atoms. The lowest BCUT2D eigenvalue weighted by Crippen LogP contribution is -2.23. The summed E-state index contributed by atoms with van der Waals surface area (Å²) in [4.78, 5) is 34.0. The molecule has 2 heterocycles. The third kappa shape index (κ3) is 4.27. The van der Waals surface area contributed by atoms with Crippen molar-refractivity contribution >= 4 is 34.4 Å². The van der Waals surface area contributed by atoms with Crippen LogP contribution in [0.3, 0.4) is 0 Å². The molecule has 0 saturated heterocycles. The monoisotopic (exact) mass is 387 g/mol. The smallest absolute Gasteiger partial charge is 0.323 e. The van der Waals surface area contributed by atoms with E-state index in [9.17, 15) is 9.59 Å². The Bertz CT molecular complexity index is 1020. The van der Waals surface area contributed by atoms with Crippen molar-refractivity contribution in [2.24, 2.45) is 0 Å². The van der Waals surface area contributed by atoms with E-state index in [1.54, 1.807) is 18.2 Å². The largest absolute Gasteiger partial charge is 0.325 e. The van der Waals surface area contributed by atoms with Gasteiger partial charge in [-0.2, -0.15) is 0 Å². The Kier molecular flexibility index (Phi) is 5.74. The minimum absolute atomic E-state index is 0.0995. The van der Waals surface area contributed by atoms with Crippen LogP contribution in [0.1, 0.15) is 38.1 Å². The molecule has 144 valence electrons. The first-order valence-corrected chi connectivity index (χ1v) is 10.00. The zero-order valence-electron chi connectivity index (χ0n) is 16.0. The van der Waals surface area contributed by atoms with Crippen molar-refractivity contribution in [2.45, 2.75) is 57.5 Å². The predicted molar refractivity (Wildman–Crippen MR) is 109 cm³/mol. The number of aryl methyl sites for hydroxylation is 1. The van der Waals surface area contributed by atoms with E-state index in [1.807, 2.05) is 13.8 Å². The van der Waals surface area contributed by atoms with E-state index in [2.05, 4.69) is 38.7 Å². The number of fused-ring (bicyclic) bond motifs is 1. The summed E-state index contributed by atoms with van der Waals surface area (Å²) in [5.41, 5.74) is 3.92. The number of benzene rings is 1. The van der Waals surface area contributed by atoms with Gasteiger partial charge in [-0.15, -0.1) is 0 Å². The highest BCUT2D eigenvalue weighted by atomic mass is 32.2. The van der Waals surface area contributed by atoms with Crippen LogP contribution in [0.4, 0.5) is 5.69 Å². The molecule has 8 heteroatoms. The number of unbranched alkanes of at least 4 members (excludes halogenated alkanes) is 1. The Morgan fingerprint density at radius 2 is 2.04 bits per heavy atom. The molecule has 0 bridgehead atoms. The zero-order valence-corrected chi connectivity index (χ0v) is 16.9. The average Bonchev–Trinajstić information content (AvgIpc) is 3.12. The number of aromatic amines is 2. The standard InChI is InChI=1S/C19H25N5O2S/c1-5-6-9-24-12(3)11(2)20-19(24)27-13(4)17(25)21-14-7-8-15-16(10-14)23-18(26)22-15/h7-8,10,13H,5-6,9H2,1-4H3,(H,21,25)(H2,22,23,26). The van der Waals surface area contributed by atoms with Crippen molar-refractivity contribution in [1.29, 1.82) is 0 Å². The molecule has 1 aromatic carbocycles. The van der Waals surface area contributed by atoms with Crippen molar-refractivity contribution in [2.75, 3.05) is 5.32 Å². The molecule has 0 saturated carbocycles. The molecule has 0 aliphatic carbocycles. The number of thioether (sulfide) groups is 1. The highest BCUT2D eigenvalue weighted by Gasteiger charge is 2.20. The van der Waals surface area contributed by atoms with E-state index < -0.39 is 0 Å². The number of aromatic nitrogens is 4. The van der Waals surface area contributed by atoms with Gasteiger partial charge in [0.05, 0.1) is 22.0 Å². The zero-order chi connectivity index (χ0) is 19.6. The summed E-state index contributed by atoms with van der Waals surface area (Å²) in [5.74, 6) is -0.0995. The van der Waals surface area contributed by atoms with Crippen LogP contribution in [0.2, 0.25) is 0 Å². The topological polar surface area (TPSA) is 95.6 Å². The maximum atomic E-state index is 12.6. The summed E-state index contributed by atoms with van der Waals surface area (Å²) < 4.78 is 2.20. The van der Waals surface area contributed by atoms with Gasteiger partial charge >= 0.3 is 5.69 Å². The van der Waals surface area contributed by atoms with Gasteiger partial charge in [0, 0.05) is 17.9 Å². The van der Waals surface area contributed by atoms with Crippen LogP contribution in [-0.2, 0) is 11.3 Å². The van der Waals surface area contributed by atoms with E-state index in [4.69, 9.17) is 0 Å². The molecule has 0 aliphatic heterocycles. The Morgan fingerprint density at radius 3 is 2.78 bits per heavy atom. The Balaban J connectivity index is 1.71. The van der Waals surface area contributed by atoms with Crippen molar-refractivity contribution in [3.8, 4) is 0 Å². The molecule has 2 aromatic heterocycles. The summed E-state index contributed by atoms with van der Waals surface area (Å²) in [6, 6.07) is 5.29. The second-order valence-corrected chi connectivity index (χ2v) is 7.97. The second-order valence-electron chi connectivity index (χ2n) is 6.66. The number of anilines is 1. The van der Waals surface area contributed by atoms with E-state index in [0.29, 0.717) is 16.7 Å². The minimum Gasteiger partial charge on any atom is -0.325 e. The van der Waals surface area contributed by atoms with Gasteiger partial charge in [0.25, 0.3) is 0 Å². The van der Waals surface area contributed by atoms with Gasteiger partial charge in [-0.3, -0.25) is 4.79 Å². The second kappa shape index (κ2) is 8.04. The third-order valence-corrected chi connectivity index (χ3v) is 5.68. The van der Waals surface area contributed by atoms with Crippen molar-refractivity contribution < 1.29 is 4.79 Å². The van der Waals surface area contributed by atoms with Crippen LogP contribution < -0.4 is 11.0 Å². The predicted octanol–water partition coefficient (Wildman–Crippen LogP) is 3.59. The van der Waals surface area contributed by atoms with Gasteiger partial charge < -0.3 is 19.9 Å². The Hall–Kier alpha value is -2.48. The quantitative estimate of drug-likeness (QED) is 0.540. The molecular formula is C19H25N5O2S. The fourth-order valence-corrected chi connectivity index (χ4v) is 3.89. The molecule has 7 nitrogen and oxygen atoms in total. The number of carbonyl (C=O) groups is 1. The highest BCUT2D eigenvalue weighted by Crippen LogP contribution is 2.27. The number of H-pyrrole nitrogens is 2. The molecule has 3 rings (SSSR count). The number of rotatable bonds is 7. The van der Waals surface area contributed by atoms with Gasteiger partial charge in [-0.1, -0.05) is 25.1 Å². The fourth-order valence-electron chi connectivity index (χ4n) is 2.86. The van der Waals surface area contributed by atoms with E-state index in [1.165, 1.54) is 11.8 Å². The van der Waals surface area contributed by atoms with E-state index >= 15 is 0 Å². The maximum Gasteiger partial charge on any atom is 0.323 e. The van der Waals surface area contributed by atoms with Crippen LogP contribution in [0, 0.1) is 13.8 Å². The number of nitrogens with zero attached hydrogens (tertiary/aromatic N) is 2. The molecule has 3 aromatic rings. The lowest BCUT2D eigenvalue weighted by molar-refractivity contribution is -0.115. The van der Waals surface area contributed by atoms with Gasteiger partial charge in [0.1, 0.15) is 0 Å². The summed E-state index contributed by atoms with van der Waals surface area (Å²) in [5, 5.41) is 3.50. The summed E-state index contributed by atoms with van der Waals surface area (Å²) in [6.07, 6.45) is 2.19. The normalized spacial score (nSPS) is 12.4. The van der Waals surface area contributed by atoms with Gasteiger partial charge in [-0.25, -0.2) is 9.78 Å². The minimum atomic E-state index is -0.299. The number of imidazole rings is 2. The summed E-state index contributed by atoms with van der Waals surface area (Å²) in [7, 11) is 0. The SMILES string of the molecule is CCCCn1c(SC(C)C(=O)Nc2ccc3[nH]c(=O)[nH]c3c2)nc(C)c1C. The van der Waals surface area contributed by atoms with Crippen LogP contribution >= 0.6 is 11.8 Å². The maximum absolute atomic E-state index is 12.6. The number of amides is 1. The molecule has 1 unspecified atom stereocenters. The first-order chi connectivity index (χ1) is 12.9. The molecule has 27 heavy (non-hydrogen) atoms. The van der Waals surface area contributed by atoms with Gasteiger partial charge in [0.2, 0.25) is 5.91 Å². The lowest BCUT2D eigenvalue weighted by Gasteiger charge is -2.14. The van der Waals surface area contributed by atoms with Crippen molar-refractivity contribution in [3.05, 3.63) is 40.1 Å². The Morgan fingerprint density at radius 1 is 1.30 bits per heavy atom. The molecule has 1 atom stereocenters. The summed E-state index contributed by atoms with van der Waals surface area (Å²) in [6.45, 7) is 9.02. The number of hydrogen-bond acceptors (Lipinski definition) is 4. The molecule has 0 aliphatic rings. The van der Waals surface area contributed by atoms with Gasteiger partial charge in [-0.05, 0) is 45.4 Å². The summed E-state index contributed by atoms with van der Waals surface area (Å²) >= 11 is 1.47. The van der Waals surface area contributed by atoms with Gasteiger partial charge in [0.15, 0.2) is 5.16 Å². The number of hydrogen-bond donors (Lipinski definition) is 3. The van der Waals surface area contributed by atoms with Crippen LogP contribution in [-0.4, -0.2) is 30.7 Å². The highest BCUT2D eigenvalue weighted by molar-refractivity contribution is 8.00. The van der Waals surface area contributed by atoms with E-state index in [0.717, 1.165) is 35.9 Å². The van der Waals surface area contributed by atoms with Crippen molar-refractivity contribution in [1.82, 2.24) is 19.5 Å². The van der Waals surface area contributed by atoms with Crippen LogP contribution in [0.5, 0.6) is 0 Å². The number of nitrogens with one attached hydrogen (secondary N) is 3. The first kappa shape index (κ1) is 19.3. The fraction of sp³-hybridized carbons (Fsp3) is 0.421. The molecule has 0 fully saturated rings. The third-order valence-electron chi connectivity index (χ3n) is 4.59. The first-order valence-electron chi connectivity index (χ1n) is 9.12. The molecular weight excluding hydrogens is 362 g/mol. The molecule has 1 amide bonds. The molecule has 0 radical (unpaired) electrons. The van der Waals surface area contributed by atoms with Crippen LogP contribution in [0.25, 0.3) is 11.0 Å². The number of carbonyl (C=O) groups excluding carboxylic acids is 1. The lowest BCUT2D eigenvalue weighted by atomic mass is 10.2. The van der Waals surface area contributed by atoms with Crippen LogP contribution in [0.15, 0.2) is 28.2 Å². The Labute approximate surface area is 162 Å². The van der Waals surface area contributed by atoms with Crippen molar-refractivity contribution in [3.63, 3.8) is 0 Å².